The monoisotopic (exact) mass is 439 g/mol. The van der Waals surface area contributed by atoms with Crippen molar-refractivity contribution < 1.29 is 4.79 Å². The van der Waals surface area contributed by atoms with Crippen LogP contribution in [0.15, 0.2) is 90.1 Å². The number of amides is 1. The number of aromatic nitrogens is 3. The van der Waals surface area contributed by atoms with Crippen molar-refractivity contribution in [3.05, 3.63) is 102 Å². The molecular weight excluding hydrogens is 418 g/mol. The zero-order chi connectivity index (χ0) is 22.3. The molecule has 0 saturated carbocycles. The number of para-hydroxylation sites is 2. The molecule has 7 heteroatoms. The van der Waals surface area contributed by atoms with Crippen molar-refractivity contribution in [3.63, 3.8) is 0 Å². The minimum atomic E-state index is -0.446. The second kappa shape index (κ2) is 9.94. The molecule has 0 aliphatic heterocycles. The van der Waals surface area contributed by atoms with Gasteiger partial charge in [-0.1, -0.05) is 72.4 Å². The number of hydrogen-bond acceptors (Lipinski definition) is 5. The number of carbonyl (C=O) groups is 1. The molecule has 1 unspecified atom stereocenters. The molecule has 1 aromatic heterocycles. The van der Waals surface area contributed by atoms with Crippen molar-refractivity contribution in [2.75, 3.05) is 5.32 Å². The Morgan fingerprint density at radius 3 is 2.38 bits per heavy atom. The van der Waals surface area contributed by atoms with Crippen LogP contribution in [0, 0.1) is 11.3 Å². The maximum absolute atomic E-state index is 12.8. The molecule has 32 heavy (non-hydrogen) atoms. The second-order valence-electron chi connectivity index (χ2n) is 7.14. The number of benzene rings is 3. The summed E-state index contributed by atoms with van der Waals surface area (Å²) in [4.78, 5) is 12.8. The molecule has 0 aliphatic rings. The zero-order valence-corrected chi connectivity index (χ0v) is 18.3. The highest BCUT2D eigenvalue weighted by molar-refractivity contribution is 8.00. The molecule has 0 radical (unpaired) electrons. The summed E-state index contributed by atoms with van der Waals surface area (Å²) < 4.78 is 1.99. The second-order valence-corrected chi connectivity index (χ2v) is 8.45. The van der Waals surface area contributed by atoms with Crippen LogP contribution in [0.1, 0.15) is 23.9 Å². The Morgan fingerprint density at radius 1 is 1.00 bits per heavy atom. The van der Waals surface area contributed by atoms with E-state index in [1.54, 1.807) is 24.3 Å². The first-order chi connectivity index (χ1) is 15.7. The Balaban J connectivity index is 1.59. The molecule has 0 bridgehead atoms. The van der Waals surface area contributed by atoms with Crippen LogP contribution in [0.2, 0.25) is 0 Å². The van der Waals surface area contributed by atoms with E-state index in [1.165, 1.54) is 11.8 Å². The highest BCUT2D eigenvalue weighted by atomic mass is 32.2. The topological polar surface area (TPSA) is 83.6 Å². The molecule has 1 amide bonds. The number of nitrogens with one attached hydrogen (secondary N) is 1. The summed E-state index contributed by atoms with van der Waals surface area (Å²) in [5.41, 5.74) is 3.00. The summed E-state index contributed by atoms with van der Waals surface area (Å²) >= 11 is 1.33. The molecule has 1 atom stereocenters. The number of thioether (sulfide) groups is 1. The van der Waals surface area contributed by atoms with E-state index in [-0.39, 0.29) is 5.91 Å². The fourth-order valence-electron chi connectivity index (χ4n) is 3.24. The van der Waals surface area contributed by atoms with Crippen LogP contribution < -0.4 is 5.32 Å². The van der Waals surface area contributed by atoms with Gasteiger partial charge in [0.1, 0.15) is 11.9 Å². The van der Waals surface area contributed by atoms with Gasteiger partial charge in [0, 0.05) is 12.1 Å². The number of anilines is 1. The molecular formula is C25H21N5OS. The normalized spacial score (nSPS) is 11.5. The van der Waals surface area contributed by atoms with Crippen molar-refractivity contribution in [1.82, 2.24) is 14.8 Å². The number of hydrogen-bond donors (Lipinski definition) is 1. The highest BCUT2D eigenvalue weighted by Gasteiger charge is 2.22. The van der Waals surface area contributed by atoms with Crippen molar-refractivity contribution in [2.24, 2.45) is 0 Å². The van der Waals surface area contributed by atoms with Gasteiger partial charge in [0.2, 0.25) is 5.91 Å². The summed E-state index contributed by atoms with van der Waals surface area (Å²) in [5, 5.41) is 21.1. The maximum Gasteiger partial charge on any atom is 0.237 e. The van der Waals surface area contributed by atoms with Gasteiger partial charge < -0.3 is 5.32 Å². The first kappa shape index (κ1) is 21.3. The number of nitrogens with zero attached hydrogens (tertiary/aromatic N) is 4. The Labute approximate surface area is 190 Å². The molecule has 6 nitrogen and oxygen atoms in total. The van der Waals surface area contributed by atoms with Gasteiger partial charge in [0.25, 0.3) is 0 Å². The van der Waals surface area contributed by atoms with Crippen molar-refractivity contribution in [2.45, 2.75) is 23.8 Å². The lowest BCUT2D eigenvalue weighted by Crippen LogP contribution is -2.23. The quantitative estimate of drug-likeness (QED) is 0.416. The van der Waals surface area contributed by atoms with E-state index in [2.05, 4.69) is 33.7 Å². The fraction of sp³-hybridized carbons (Fsp3) is 0.120. The van der Waals surface area contributed by atoms with Crippen molar-refractivity contribution in [1.29, 1.82) is 5.26 Å². The third-order valence-electron chi connectivity index (χ3n) is 4.88. The number of nitriles is 1. The van der Waals surface area contributed by atoms with E-state index < -0.39 is 5.25 Å². The van der Waals surface area contributed by atoms with Gasteiger partial charge in [-0.3, -0.25) is 9.36 Å². The van der Waals surface area contributed by atoms with E-state index >= 15 is 0 Å². The third kappa shape index (κ3) is 4.88. The SMILES string of the molecule is CC(Sc1nnc(Cc2ccccc2)n1-c1ccccc1)C(=O)Nc1ccccc1C#N. The van der Waals surface area contributed by atoms with E-state index in [9.17, 15) is 10.1 Å². The van der Waals surface area contributed by atoms with Crippen LogP contribution in [-0.2, 0) is 11.2 Å². The minimum absolute atomic E-state index is 0.204. The van der Waals surface area contributed by atoms with Gasteiger partial charge in [-0.2, -0.15) is 5.26 Å². The third-order valence-corrected chi connectivity index (χ3v) is 5.92. The van der Waals surface area contributed by atoms with Crippen LogP contribution in [0.5, 0.6) is 0 Å². The molecule has 4 rings (SSSR count). The van der Waals surface area contributed by atoms with Gasteiger partial charge in [-0.05, 0) is 36.8 Å². The predicted molar refractivity (Wildman–Crippen MR) is 126 cm³/mol. The van der Waals surface area contributed by atoms with E-state index in [1.807, 2.05) is 60.0 Å². The van der Waals surface area contributed by atoms with Crippen molar-refractivity contribution in [3.8, 4) is 11.8 Å². The largest absolute Gasteiger partial charge is 0.324 e. The Hall–Kier alpha value is -3.89. The van der Waals surface area contributed by atoms with Crippen LogP contribution in [0.4, 0.5) is 5.69 Å². The van der Waals surface area contributed by atoms with E-state index in [0.717, 1.165) is 17.1 Å². The molecule has 0 fully saturated rings. The van der Waals surface area contributed by atoms with Gasteiger partial charge in [-0.15, -0.1) is 10.2 Å². The van der Waals surface area contributed by atoms with Crippen molar-refractivity contribution >= 4 is 23.4 Å². The number of rotatable bonds is 7. The van der Waals surface area contributed by atoms with Crippen LogP contribution in [0.3, 0.4) is 0 Å². The zero-order valence-electron chi connectivity index (χ0n) is 17.5. The van der Waals surface area contributed by atoms with Crippen LogP contribution in [0.25, 0.3) is 5.69 Å². The molecule has 1 N–H and O–H groups in total. The molecule has 0 aliphatic carbocycles. The fourth-order valence-corrected chi connectivity index (χ4v) is 4.13. The summed E-state index contributed by atoms with van der Waals surface area (Å²) in [6, 6.07) is 29.0. The van der Waals surface area contributed by atoms with Crippen LogP contribution >= 0.6 is 11.8 Å². The predicted octanol–water partition coefficient (Wildman–Crippen LogP) is 4.85. The smallest absolute Gasteiger partial charge is 0.237 e. The van der Waals surface area contributed by atoms with Gasteiger partial charge in [0.05, 0.1) is 16.5 Å². The molecule has 4 aromatic rings. The first-order valence-corrected chi connectivity index (χ1v) is 11.0. The summed E-state index contributed by atoms with van der Waals surface area (Å²) in [6.45, 7) is 1.82. The van der Waals surface area contributed by atoms with Gasteiger partial charge in [-0.25, -0.2) is 0 Å². The lowest BCUT2D eigenvalue weighted by Gasteiger charge is -2.14. The lowest BCUT2D eigenvalue weighted by molar-refractivity contribution is -0.115. The minimum Gasteiger partial charge on any atom is -0.324 e. The van der Waals surface area contributed by atoms with Gasteiger partial charge in [0.15, 0.2) is 5.16 Å². The average molecular weight is 440 g/mol. The first-order valence-electron chi connectivity index (χ1n) is 10.2. The Kier molecular flexibility index (Phi) is 6.63. The molecule has 158 valence electrons. The standard InChI is InChI=1S/C25H21N5OS/c1-18(24(31)27-22-15-9-8-12-20(22)17-26)32-25-29-28-23(16-19-10-4-2-5-11-19)30(25)21-13-6-3-7-14-21/h2-15,18H,16H2,1H3,(H,27,31). The van der Waals surface area contributed by atoms with Gasteiger partial charge >= 0.3 is 0 Å². The van der Waals surface area contributed by atoms with E-state index in [4.69, 9.17) is 0 Å². The Morgan fingerprint density at radius 2 is 1.66 bits per heavy atom. The highest BCUT2D eigenvalue weighted by Crippen LogP contribution is 2.27. The van der Waals surface area contributed by atoms with Crippen LogP contribution in [-0.4, -0.2) is 25.9 Å². The molecule has 0 saturated heterocycles. The summed E-state index contributed by atoms with van der Waals surface area (Å²) in [7, 11) is 0. The lowest BCUT2D eigenvalue weighted by atomic mass is 10.1. The summed E-state index contributed by atoms with van der Waals surface area (Å²) in [6.07, 6.45) is 0.624. The summed E-state index contributed by atoms with van der Waals surface area (Å²) in [5.74, 6) is 0.595. The molecule has 3 aromatic carbocycles. The average Bonchev–Trinajstić information content (AvgIpc) is 3.22. The molecule has 0 spiro atoms. The maximum atomic E-state index is 12.8. The Bertz CT molecular complexity index is 1250. The van der Waals surface area contributed by atoms with E-state index in [0.29, 0.717) is 22.8 Å². The number of carbonyl (C=O) groups excluding carboxylic acids is 1. The molecule has 1 heterocycles.